The molecule has 1 aliphatic carbocycles. The van der Waals surface area contributed by atoms with Gasteiger partial charge in [0.05, 0.1) is 11.8 Å². The molecule has 9 nitrogen and oxygen atoms in total. The number of Topliss-reactive ketones (excluding diaryl/α,β-unsaturated/α-hetero) is 1. The van der Waals surface area contributed by atoms with Gasteiger partial charge in [0.25, 0.3) is 5.91 Å². The first-order chi connectivity index (χ1) is 14.4. The number of hydrogen-bond acceptors (Lipinski definition) is 6. The van der Waals surface area contributed by atoms with Gasteiger partial charge in [0.2, 0.25) is 5.95 Å². The molecule has 158 valence electrons. The molecule has 0 unspecified atom stereocenters. The highest BCUT2D eigenvalue weighted by Crippen LogP contribution is 2.27. The van der Waals surface area contributed by atoms with Crippen molar-refractivity contribution in [3.63, 3.8) is 0 Å². The molecule has 0 spiro atoms. The molecule has 3 aromatic heterocycles. The molecule has 0 aromatic carbocycles. The Morgan fingerprint density at radius 2 is 2.07 bits per heavy atom. The van der Waals surface area contributed by atoms with Crippen LogP contribution in [0.1, 0.15) is 39.3 Å². The van der Waals surface area contributed by atoms with Crippen molar-refractivity contribution in [3.8, 4) is 0 Å². The summed E-state index contributed by atoms with van der Waals surface area (Å²) in [5.74, 6) is 0.0438. The molecule has 4 rings (SSSR count). The van der Waals surface area contributed by atoms with E-state index in [1.165, 1.54) is 10.9 Å². The van der Waals surface area contributed by atoms with Crippen molar-refractivity contribution in [2.45, 2.75) is 25.3 Å². The van der Waals surface area contributed by atoms with E-state index in [1.807, 2.05) is 0 Å². The van der Waals surface area contributed by atoms with Gasteiger partial charge in [0.1, 0.15) is 12.4 Å². The van der Waals surface area contributed by atoms with Gasteiger partial charge in [-0.15, -0.1) is 5.10 Å². The predicted molar refractivity (Wildman–Crippen MR) is 109 cm³/mol. The second kappa shape index (κ2) is 7.85. The summed E-state index contributed by atoms with van der Waals surface area (Å²) in [6, 6.07) is 3.80. The van der Waals surface area contributed by atoms with E-state index in [0.29, 0.717) is 22.9 Å². The summed E-state index contributed by atoms with van der Waals surface area (Å²) in [4.78, 5) is 33.5. The average molecular weight is 413 g/mol. The SMILES string of the molecule is CN(CCF)c1nc2cc(CC(=O)c3c(C(=O)N(C)C4CC4)cnn3C)ccn2n1. The zero-order chi connectivity index (χ0) is 21.4. The van der Waals surface area contributed by atoms with Crippen LogP contribution in [0.3, 0.4) is 0 Å². The number of aromatic nitrogens is 5. The van der Waals surface area contributed by atoms with Crippen molar-refractivity contribution in [2.24, 2.45) is 7.05 Å². The fourth-order valence-corrected chi connectivity index (χ4v) is 3.42. The van der Waals surface area contributed by atoms with Crippen LogP contribution in [0.5, 0.6) is 0 Å². The Bertz CT molecular complexity index is 1100. The summed E-state index contributed by atoms with van der Waals surface area (Å²) in [5.41, 5.74) is 1.94. The van der Waals surface area contributed by atoms with Gasteiger partial charge < -0.3 is 9.80 Å². The van der Waals surface area contributed by atoms with Gasteiger partial charge in [-0.25, -0.2) is 8.91 Å². The molecule has 1 amide bonds. The second-order valence-corrected chi connectivity index (χ2v) is 7.64. The van der Waals surface area contributed by atoms with Crippen LogP contribution in [0.15, 0.2) is 24.5 Å². The minimum absolute atomic E-state index is 0.103. The maximum Gasteiger partial charge on any atom is 0.257 e. The van der Waals surface area contributed by atoms with Crippen LogP contribution in [0, 0.1) is 0 Å². The molecule has 0 radical (unpaired) electrons. The summed E-state index contributed by atoms with van der Waals surface area (Å²) >= 11 is 0. The minimum atomic E-state index is -0.493. The number of hydrogen-bond donors (Lipinski definition) is 0. The normalized spacial score (nSPS) is 13.6. The number of pyridine rings is 1. The van der Waals surface area contributed by atoms with Gasteiger partial charge in [0.15, 0.2) is 11.4 Å². The molecule has 0 aliphatic heterocycles. The third kappa shape index (κ3) is 3.77. The molecule has 0 saturated heterocycles. The molecular weight excluding hydrogens is 389 g/mol. The van der Waals surface area contributed by atoms with Gasteiger partial charge in [-0.2, -0.15) is 10.1 Å². The van der Waals surface area contributed by atoms with Crippen LogP contribution in [0.4, 0.5) is 10.3 Å². The largest absolute Gasteiger partial charge is 0.340 e. The van der Waals surface area contributed by atoms with E-state index in [1.54, 1.807) is 53.8 Å². The van der Waals surface area contributed by atoms with Crippen LogP contribution in [-0.2, 0) is 13.5 Å². The number of alkyl halides is 1. The van der Waals surface area contributed by atoms with Crippen LogP contribution in [0.25, 0.3) is 5.65 Å². The van der Waals surface area contributed by atoms with Gasteiger partial charge in [0, 0.05) is 46.3 Å². The van der Waals surface area contributed by atoms with E-state index in [0.717, 1.165) is 18.4 Å². The number of anilines is 1. The Kier molecular flexibility index (Phi) is 5.23. The Morgan fingerprint density at radius 3 is 2.77 bits per heavy atom. The lowest BCUT2D eigenvalue weighted by molar-refractivity contribution is 0.0778. The van der Waals surface area contributed by atoms with Crippen LogP contribution >= 0.6 is 0 Å². The third-order valence-electron chi connectivity index (χ3n) is 5.37. The maximum atomic E-state index is 13.0. The van der Waals surface area contributed by atoms with Crippen molar-refractivity contribution in [2.75, 3.05) is 32.2 Å². The summed E-state index contributed by atoms with van der Waals surface area (Å²) in [6.07, 6.45) is 5.27. The van der Waals surface area contributed by atoms with Crippen LogP contribution in [-0.4, -0.2) is 74.3 Å². The van der Waals surface area contributed by atoms with E-state index in [4.69, 9.17) is 0 Å². The molecule has 0 atom stereocenters. The van der Waals surface area contributed by atoms with Crippen molar-refractivity contribution in [1.29, 1.82) is 0 Å². The van der Waals surface area contributed by atoms with Crippen molar-refractivity contribution < 1.29 is 14.0 Å². The topological polar surface area (TPSA) is 88.6 Å². The fourth-order valence-electron chi connectivity index (χ4n) is 3.42. The van der Waals surface area contributed by atoms with Gasteiger partial charge >= 0.3 is 0 Å². The number of nitrogens with zero attached hydrogens (tertiary/aromatic N) is 7. The van der Waals surface area contributed by atoms with Gasteiger partial charge in [-0.1, -0.05) is 0 Å². The highest BCUT2D eigenvalue weighted by molar-refractivity contribution is 6.07. The Labute approximate surface area is 173 Å². The quantitative estimate of drug-likeness (QED) is 0.521. The van der Waals surface area contributed by atoms with Crippen molar-refractivity contribution in [1.82, 2.24) is 29.3 Å². The van der Waals surface area contributed by atoms with Gasteiger partial charge in [-0.05, 0) is 30.5 Å². The number of amides is 1. The molecule has 3 aromatic rings. The monoisotopic (exact) mass is 413 g/mol. The smallest absolute Gasteiger partial charge is 0.257 e. The van der Waals surface area contributed by atoms with Crippen molar-refractivity contribution >= 4 is 23.3 Å². The lowest BCUT2D eigenvalue weighted by atomic mass is 10.0. The van der Waals surface area contributed by atoms with E-state index < -0.39 is 6.67 Å². The molecular formula is C20H24FN7O2. The van der Waals surface area contributed by atoms with E-state index in [9.17, 15) is 14.0 Å². The maximum absolute atomic E-state index is 13.0. The second-order valence-electron chi connectivity index (χ2n) is 7.64. The molecule has 10 heteroatoms. The standard InChI is InChI=1S/C20H24FN7O2/c1-25(9-7-21)20-23-17-11-13(6-8-28(17)24-20)10-16(29)18-15(12-22-27(18)3)19(30)26(2)14-4-5-14/h6,8,11-12,14H,4-5,7,9-10H2,1-3H3. The third-order valence-corrected chi connectivity index (χ3v) is 5.37. The number of ketones is 1. The number of fused-ring (bicyclic) bond motifs is 1. The molecule has 30 heavy (non-hydrogen) atoms. The minimum Gasteiger partial charge on any atom is -0.340 e. The molecule has 1 aliphatic rings. The summed E-state index contributed by atoms with van der Waals surface area (Å²) in [7, 11) is 5.15. The lowest BCUT2D eigenvalue weighted by Crippen LogP contribution is -2.30. The number of halogens is 1. The molecule has 1 fully saturated rings. The average Bonchev–Trinajstić information content (AvgIpc) is 3.37. The number of aryl methyl sites for hydroxylation is 1. The van der Waals surface area contributed by atoms with Crippen LogP contribution < -0.4 is 4.90 Å². The first-order valence-electron chi connectivity index (χ1n) is 9.83. The highest BCUT2D eigenvalue weighted by Gasteiger charge is 2.33. The molecule has 1 saturated carbocycles. The molecule has 0 N–H and O–H groups in total. The molecule has 3 heterocycles. The summed E-state index contributed by atoms with van der Waals surface area (Å²) < 4.78 is 15.6. The Balaban J connectivity index is 1.56. The van der Waals surface area contributed by atoms with Gasteiger partial charge in [-0.3, -0.25) is 14.3 Å². The van der Waals surface area contributed by atoms with Crippen molar-refractivity contribution in [3.05, 3.63) is 41.3 Å². The number of carbonyl (C=O) groups excluding carboxylic acids is 2. The molecule has 0 bridgehead atoms. The van der Waals surface area contributed by atoms with E-state index >= 15 is 0 Å². The summed E-state index contributed by atoms with van der Waals surface area (Å²) in [5, 5.41) is 8.45. The number of carbonyl (C=O) groups is 2. The first kappa shape index (κ1) is 20.0. The summed E-state index contributed by atoms with van der Waals surface area (Å²) in [6.45, 7) is -0.289. The van der Waals surface area contributed by atoms with E-state index in [2.05, 4.69) is 15.2 Å². The zero-order valence-electron chi connectivity index (χ0n) is 17.2. The zero-order valence-corrected chi connectivity index (χ0v) is 17.2. The number of rotatable bonds is 8. The lowest BCUT2D eigenvalue weighted by Gasteiger charge is -2.16. The fraction of sp³-hybridized carbons (Fsp3) is 0.450. The van der Waals surface area contributed by atoms with Crippen LogP contribution in [0.2, 0.25) is 0 Å². The Morgan fingerprint density at radius 1 is 1.30 bits per heavy atom. The first-order valence-corrected chi connectivity index (χ1v) is 9.83. The van der Waals surface area contributed by atoms with E-state index in [-0.39, 0.29) is 30.7 Å². The highest BCUT2D eigenvalue weighted by atomic mass is 19.1. The predicted octanol–water partition coefficient (Wildman–Crippen LogP) is 1.53. The Hall–Kier alpha value is -3.30.